The van der Waals surface area contributed by atoms with E-state index in [9.17, 15) is 13.2 Å². The Morgan fingerprint density at radius 1 is 1.19 bits per heavy atom. The van der Waals surface area contributed by atoms with Crippen molar-refractivity contribution >= 4 is 15.9 Å². The molecule has 2 fully saturated rings. The number of H-pyrrole nitrogens is 1. The molecule has 10 heteroatoms. The zero-order chi connectivity index (χ0) is 19.0. The van der Waals surface area contributed by atoms with Crippen molar-refractivity contribution in [1.29, 1.82) is 0 Å². The summed E-state index contributed by atoms with van der Waals surface area (Å²) in [6.07, 6.45) is 3.44. The van der Waals surface area contributed by atoms with Crippen LogP contribution in [0.2, 0.25) is 0 Å². The van der Waals surface area contributed by atoms with Gasteiger partial charge in [0.2, 0.25) is 10.0 Å². The number of aryl methyl sites for hydroxylation is 1. The van der Waals surface area contributed by atoms with Gasteiger partial charge in [0, 0.05) is 32.2 Å². The lowest BCUT2D eigenvalue weighted by Crippen LogP contribution is -2.40. The number of aromatic amines is 1. The van der Waals surface area contributed by atoms with Gasteiger partial charge < -0.3 is 14.1 Å². The number of carbonyl (C=O) groups excluding carboxylic acids is 1. The maximum atomic E-state index is 12.9. The Bertz CT molecular complexity index is 936. The molecule has 2 aromatic heterocycles. The number of morpholine rings is 1. The van der Waals surface area contributed by atoms with E-state index in [2.05, 4.69) is 10.2 Å². The third-order valence-corrected chi connectivity index (χ3v) is 6.98. The van der Waals surface area contributed by atoms with Crippen LogP contribution in [0.15, 0.2) is 21.6 Å². The number of aromatic nitrogens is 2. The highest BCUT2D eigenvalue weighted by Crippen LogP contribution is 2.31. The maximum Gasteiger partial charge on any atom is 0.257 e. The molecule has 0 aromatic carbocycles. The number of hydrogen-bond donors (Lipinski definition) is 1. The standard InChI is InChI=1S/C17H22N4O5S/c1-12-15(27(23,24)21-6-8-25-9-7-21)10-14(26-12)16-13(11-18-19-16)17(22)20-4-2-3-5-20/h10-11H,2-9H2,1H3,(H,18,19). The monoisotopic (exact) mass is 394 g/mol. The molecular formula is C17H22N4O5S. The van der Waals surface area contributed by atoms with E-state index in [0.29, 0.717) is 43.3 Å². The number of likely N-dealkylation sites (tertiary alicyclic amines) is 1. The quantitative estimate of drug-likeness (QED) is 0.836. The van der Waals surface area contributed by atoms with Crippen LogP contribution < -0.4 is 0 Å². The zero-order valence-electron chi connectivity index (χ0n) is 15.1. The molecular weight excluding hydrogens is 372 g/mol. The van der Waals surface area contributed by atoms with E-state index in [4.69, 9.17) is 9.15 Å². The summed E-state index contributed by atoms with van der Waals surface area (Å²) in [5, 5.41) is 6.75. The molecule has 9 nitrogen and oxygen atoms in total. The molecule has 1 amide bonds. The van der Waals surface area contributed by atoms with Crippen LogP contribution in [-0.2, 0) is 14.8 Å². The van der Waals surface area contributed by atoms with Gasteiger partial charge >= 0.3 is 0 Å². The van der Waals surface area contributed by atoms with Crippen molar-refractivity contribution in [2.24, 2.45) is 0 Å². The van der Waals surface area contributed by atoms with Crippen LogP contribution in [0.3, 0.4) is 0 Å². The molecule has 146 valence electrons. The maximum absolute atomic E-state index is 12.9. The van der Waals surface area contributed by atoms with Crippen molar-refractivity contribution < 1.29 is 22.4 Å². The van der Waals surface area contributed by atoms with Gasteiger partial charge in [-0.1, -0.05) is 0 Å². The normalized spacial score (nSPS) is 18.9. The van der Waals surface area contributed by atoms with Crippen LogP contribution in [0.1, 0.15) is 29.0 Å². The molecule has 0 atom stereocenters. The predicted molar refractivity (Wildman–Crippen MR) is 95.7 cm³/mol. The van der Waals surface area contributed by atoms with Crippen molar-refractivity contribution in [3.8, 4) is 11.5 Å². The average molecular weight is 394 g/mol. The van der Waals surface area contributed by atoms with E-state index in [-0.39, 0.29) is 16.6 Å². The Morgan fingerprint density at radius 2 is 1.89 bits per heavy atom. The Morgan fingerprint density at radius 3 is 2.59 bits per heavy atom. The van der Waals surface area contributed by atoms with Crippen LogP contribution in [0.4, 0.5) is 0 Å². The highest BCUT2D eigenvalue weighted by Gasteiger charge is 2.32. The zero-order valence-corrected chi connectivity index (χ0v) is 15.9. The molecule has 1 N–H and O–H groups in total. The number of furan rings is 1. The molecule has 2 saturated heterocycles. The molecule has 0 bridgehead atoms. The van der Waals surface area contributed by atoms with Gasteiger partial charge in [0.05, 0.1) is 25.0 Å². The smallest absolute Gasteiger partial charge is 0.257 e. The lowest BCUT2D eigenvalue weighted by atomic mass is 10.2. The number of carbonyl (C=O) groups is 1. The highest BCUT2D eigenvalue weighted by molar-refractivity contribution is 7.89. The molecule has 4 rings (SSSR count). The van der Waals surface area contributed by atoms with E-state index in [1.54, 1.807) is 11.8 Å². The first-order valence-electron chi connectivity index (χ1n) is 9.00. The lowest BCUT2D eigenvalue weighted by molar-refractivity contribution is 0.0730. The number of ether oxygens (including phenoxy) is 1. The molecule has 2 aliphatic heterocycles. The SMILES string of the molecule is Cc1oc(-c2[nH]ncc2C(=O)N2CCCC2)cc1S(=O)(=O)N1CCOCC1. The number of sulfonamides is 1. The minimum Gasteiger partial charge on any atom is -0.458 e. The Kier molecular flexibility index (Phi) is 4.79. The topological polar surface area (TPSA) is 109 Å². The fraction of sp³-hybridized carbons (Fsp3) is 0.529. The van der Waals surface area contributed by atoms with Crippen molar-refractivity contribution in [3.05, 3.63) is 23.6 Å². The predicted octanol–water partition coefficient (Wildman–Crippen LogP) is 1.24. The fourth-order valence-electron chi connectivity index (χ4n) is 3.50. The van der Waals surface area contributed by atoms with Gasteiger partial charge in [-0.2, -0.15) is 9.40 Å². The third kappa shape index (κ3) is 3.28. The van der Waals surface area contributed by atoms with Gasteiger partial charge in [-0.15, -0.1) is 0 Å². The van der Waals surface area contributed by atoms with Crippen LogP contribution in [0.5, 0.6) is 0 Å². The first kappa shape index (κ1) is 18.2. The van der Waals surface area contributed by atoms with Crippen LogP contribution in [-0.4, -0.2) is 73.1 Å². The van der Waals surface area contributed by atoms with Crippen molar-refractivity contribution in [2.45, 2.75) is 24.7 Å². The minimum absolute atomic E-state index is 0.105. The number of nitrogens with zero attached hydrogens (tertiary/aromatic N) is 3. The van der Waals surface area contributed by atoms with E-state index in [1.165, 1.54) is 16.6 Å². The summed E-state index contributed by atoms with van der Waals surface area (Å²) in [6, 6.07) is 1.47. The summed E-state index contributed by atoms with van der Waals surface area (Å²) >= 11 is 0. The summed E-state index contributed by atoms with van der Waals surface area (Å²) in [4.78, 5) is 14.6. The van der Waals surface area contributed by atoms with Gasteiger partial charge in [0.1, 0.15) is 16.3 Å². The second kappa shape index (κ2) is 7.10. The van der Waals surface area contributed by atoms with Crippen molar-refractivity contribution in [3.63, 3.8) is 0 Å². The second-order valence-electron chi connectivity index (χ2n) is 6.71. The van der Waals surface area contributed by atoms with Gasteiger partial charge in [0.15, 0.2) is 5.76 Å². The van der Waals surface area contributed by atoms with E-state index in [1.807, 2.05) is 0 Å². The number of amides is 1. The number of nitrogens with one attached hydrogen (secondary N) is 1. The number of rotatable bonds is 4. The second-order valence-corrected chi connectivity index (χ2v) is 8.61. The van der Waals surface area contributed by atoms with Crippen LogP contribution in [0.25, 0.3) is 11.5 Å². The van der Waals surface area contributed by atoms with E-state index >= 15 is 0 Å². The molecule has 27 heavy (non-hydrogen) atoms. The van der Waals surface area contributed by atoms with Gasteiger partial charge in [-0.3, -0.25) is 9.89 Å². The fourth-order valence-corrected chi connectivity index (χ4v) is 5.07. The van der Waals surface area contributed by atoms with Crippen LogP contribution >= 0.6 is 0 Å². The first-order chi connectivity index (χ1) is 13.0. The molecule has 4 heterocycles. The molecule has 0 saturated carbocycles. The van der Waals surface area contributed by atoms with Gasteiger partial charge in [0.25, 0.3) is 5.91 Å². The van der Waals surface area contributed by atoms with Crippen LogP contribution in [0, 0.1) is 6.92 Å². The van der Waals surface area contributed by atoms with Gasteiger partial charge in [-0.05, 0) is 19.8 Å². The summed E-state index contributed by atoms with van der Waals surface area (Å²) < 4.78 is 38.2. The molecule has 0 spiro atoms. The Balaban J connectivity index is 1.66. The summed E-state index contributed by atoms with van der Waals surface area (Å²) in [5.41, 5.74) is 0.791. The molecule has 0 unspecified atom stereocenters. The van der Waals surface area contributed by atoms with E-state index < -0.39 is 10.0 Å². The molecule has 0 radical (unpaired) electrons. The highest BCUT2D eigenvalue weighted by atomic mass is 32.2. The lowest BCUT2D eigenvalue weighted by Gasteiger charge is -2.25. The Labute approximate surface area is 157 Å². The molecule has 2 aliphatic rings. The number of hydrogen-bond acceptors (Lipinski definition) is 6. The van der Waals surface area contributed by atoms with Gasteiger partial charge in [-0.25, -0.2) is 8.42 Å². The first-order valence-corrected chi connectivity index (χ1v) is 10.4. The summed E-state index contributed by atoms with van der Waals surface area (Å²) in [6.45, 7) is 4.41. The average Bonchev–Trinajstić information content (AvgIpc) is 3.42. The van der Waals surface area contributed by atoms with Crippen molar-refractivity contribution in [1.82, 2.24) is 19.4 Å². The third-order valence-electron chi connectivity index (χ3n) is 4.97. The summed E-state index contributed by atoms with van der Waals surface area (Å²) in [5.74, 6) is 0.452. The Hall–Kier alpha value is -2.17. The van der Waals surface area contributed by atoms with Crippen molar-refractivity contribution in [2.75, 3.05) is 39.4 Å². The molecule has 2 aromatic rings. The minimum atomic E-state index is -3.68. The summed E-state index contributed by atoms with van der Waals surface area (Å²) in [7, 11) is -3.68. The largest absolute Gasteiger partial charge is 0.458 e. The van der Waals surface area contributed by atoms with E-state index in [0.717, 1.165) is 25.9 Å². The molecule has 0 aliphatic carbocycles.